The SMILES string of the molecule is CC1CCC(OC(F)F)C2OC=CC12. The molecule has 4 unspecified atom stereocenters. The molecule has 80 valence electrons. The molecule has 2 aliphatic rings. The molecular formula is C10H14F2O2. The monoisotopic (exact) mass is 204 g/mol. The molecule has 0 N–H and O–H groups in total. The molecule has 4 atom stereocenters. The molecule has 0 radical (unpaired) electrons. The summed E-state index contributed by atoms with van der Waals surface area (Å²) in [5.41, 5.74) is 0. The maximum atomic E-state index is 12.1. The highest BCUT2D eigenvalue weighted by atomic mass is 19.3. The van der Waals surface area contributed by atoms with Crippen molar-refractivity contribution in [2.24, 2.45) is 11.8 Å². The van der Waals surface area contributed by atoms with E-state index < -0.39 is 12.7 Å². The molecule has 14 heavy (non-hydrogen) atoms. The topological polar surface area (TPSA) is 18.5 Å². The maximum Gasteiger partial charge on any atom is 0.345 e. The van der Waals surface area contributed by atoms with Crippen LogP contribution >= 0.6 is 0 Å². The van der Waals surface area contributed by atoms with Gasteiger partial charge in [-0.15, -0.1) is 0 Å². The van der Waals surface area contributed by atoms with E-state index in [9.17, 15) is 8.78 Å². The summed E-state index contributed by atoms with van der Waals surface area (Å²) in [6, 6.07) is 0. The number of rotatable bonds is 2. The van der Waals surface area contributed by atoms with E-state index in [4.69, 9.17) is 4.74 Å². The molecule has 1 saturated carbocycles. The molecule has 0 spiro atoms. The Labute approximate surface area is 81.9 Å². The second kappa shape index (κ2) is 3.85. The van der Waals surface area contributed by atoms with E-state index in [0.29, 0.717) is 12.3 Å². The smallest absolute Gasteiger partial charge is 0.345 e. The number of alkyl halides is 2. The highest BCUT2D eigenvalue weighted by molar-refractivity contribution is 5.03. The number of ether oxygens (including phenoxy) is 2. The average molecular weight is 204 g/mol. The van der Waals surface area contributed by atoms with Gasteiger partial charge in [-0.25, -0.2) is 0 Å². The highest BCUT2D eigenvalue weighted by Gasteiger charge is 2.41. The molecule has 0 amide bonds. The number of halogens is 2. The van der Waals surface area contributed by atoms with Crippen molar-refractivity contribution < 1.29 is 18.3 Å². The van der Waals surface area contributed by atoms with E-state index in [0.717, 1.165) is 6.42 Å². The Morgan fingerprint density at radius 1 is 1.43 bits per heavy atom. The molecule has 0 bridgehead atoms. The number of hydrogen-bond donors (Lipinski definition) is 0. The first-order valence-electron chi connectivity index (χ1n) is 4.94. The lowest BCUT2D eigenvalue weighted by Gasteiger charge is -2.36. The van der Waals surface area contributed by atoms with Gasteiger partial charge >= 0.3 is 6.61 Å². The summed E-state index contributed by atoms with van der Waals surface area (Å²) in [5.74, 6) is 0.740. The van der Waals surface area contributed by atoms with E-state index >= 15 is 0 Å². The molecule has 2 nitrogen and oxygen atoms in total. The predicted molar refractivity (Wildman–Crippen MR) is 46.8 cm³/mol. The van der Waals surface area contributed by atoms with Gasteiger partial charge in [-0.2, -0.15) is 8.78 Å². The van der Waals surface area contributed by atoms with E-state index in [1.807, 2.05) is 6.08 Å². The fourth-order valence-corrected chi connectivity index (χ4v) is 2.34. The van der Waals surface area contributed by atoms with Gasteiger partial charge < -0.3 is 9.47 Å². The standard InChI is InChI=1S/C10H14F2O2/c1-6-2-3-8(14-10(11)12)9-7(6)4-5-13-9/h4-10H,2-3H2,1H3. The van der Waals surface area contributed by atoms with Crippen LogP contribution in [0.3, 0.4) is 0 Å². The van der Waals surface area contributed by atoms with Gasteiger partial charge in [0.05, 0.1) is 6.26 Å². The molecule has 1 aliphatic carbocycles. The van der Waals surface area contributed by atoms with Gasteiger partial charge in [-0.05, 0) is 24.8 Å². The van der Waals surface area contributed by atoms with E-state index in [2.05, 4.69) is 11.7 Å². The Morgan fingerprint density at radius 3 is 2.93 bits per heavy atom. The maximum absolute atomic E-state index is 12.1. The van der Waals surface area contributed by atoms with Crippen LogP contribution < -0.4 is 0 Å². The largest absolute Gasteiger partial charge is 0.495 e. The number of hydrogen-bond acceptors (Lipinski definition) is 2. The lowest BCUT2D eigenvalue weighted by atomic mass is 9.77. The third kappa shape index (κ3) is 1.75. The molecule has 0 saturated heterocycles. The van der Waals surface area contributed by atoms with Crippen LogP contribution in [-0.2, 0) is 9.47 Å². The van der Waals surface area contributed by atoms with Gasteiger partial charge in [-0.1, -0.05) is 6.92 Å². The first-order chi connectivity index (χ1) is 6.68. The first-order valence-corrected chi connectivity index (χ1v) is 4.94. The van der Waals surface area contributed by atoms with Crippen molar-refractivity contribution in [1.82, 2.24) is 0 Å². The van der Waals surface area contributed by atoms with Gasteiger partial charge in [0.2, 0.25) is 0 Å². The van der Waals surface area contributed by atoms with Gasteiger partial charge in [0.15, 0.2) is 0 Å². The van der Waals surface area contributed by atoms with Crippen LogP contribution in [-0.4, -0.2) is 18.8 Å². The van der Waals surface area contributed by atoms with Crippen molar-refractivity contribution in [3.8, 4) is 0 Å². The second-order valence-corrected chi connectivity index (χ2v) is 4.00. The Bertz CT molecular complexity index is 230. The Morgan fingerprint density at radius 2 is 2.21 bits per heavy atom. The zero-order valence-electron chi connectivity index (χ0n) is 8.03. The van der Waals surface area contributed by atoms with Crippen molar-refractivity contribution in [3.05, 3.63) is 12.3 Å². The zero-order valence-corrected chi connectivity index (χ0v) is 8.03. The van der Waals surface area contributed by atoms with Crippen LogP contribution in [0, 0.1) is 11.8 Å². The Kier molecular flexibility index (Phi) is 2.72. The summed E-state index contributed by atoms with van der Waals surface area (Å²) in [5, 5.41) is 0. The molecule has 1 fully saturated rings. The normalized spacial score (nSPS) is 41.1. The van der Waals surface area contributed by atoms with Gasteiger partial charge in [-0.3, -0.25) is 0 Å². The fraction of sp³-hybridized carbons (Fsp3) is 0.800. The highest BCUT2D eigenvalue weighted by Crippen LogP contribution is 2.38. The molecule has 0 aromatic carbocycles. The summed E-state index contributed by atoms with van der Waals surface area (Å²) in [6.07, 6.45) is 4.49. The van der Waals surface area contributed by atoms with Crippen molar-refractivity contribution in [2.45, 2.75) is 38.6 Å². The van der Waals surface area contributed by atoms with E-state index in [-0.39, 0.29) is 12.0 Å². The molecule has 1 heterocycles. The van der Waals surface area contributed by atoms with E-state index in [1.165, 1.54) is 0 Å². The van der Waals surface area contributed by atoms with Crippen LogP contribution in [0.1, 0.15) is 19.8 Å². The third-order valence-corrected chi connectivity index (χ3v) is 3.12. The average Bonchev–Trinajstić information content (AvgIpc) is 2.58. The van der Waals surface area contributed by atoms with Gasteiger partial charge in [0.1, 0.15) is 12.2 Å². The first kappa shape index (κ1) is 9.90. The van der Waals surface area contributed by atoms with Crippen molar-refractivity contribution in [1.29, 1.82) is 0 Å². The fourth-order valence-electron chi connectivity index (χ4n) is 2.34. The molecule has 2 rings (SSSR count). The predicted octanol–water partition coefficient (Wildman–Crippen LogP) is 2.55. The Balaban J connectivity index is 2.00. The Hall–Kier alpha value is -0.640. The van der Waals surface area contributed by atoms with Gasteiger partial charge in [0.25, 0.3) is 0 Å². The van der Waals surface area contributed by atoms with Gasteiger partial charge in [0, 0.05) is 5.92 Å². The quantitative estimate of drug-likeness (QED) is 0.688. The molecule has 4 heteroatoms. The number of fused-ring (bicyclic) bond motifs is 1. The summed E-state index contributed by atoms with van der Waals surface area (Å²) in [7, 11) is 0. The van der Waals surface area contributed by atoms with E-state index in [1.54, 1.807) is 6.26 Å². The lowest BCUT2D eigenvalue weighted by Crippen LogP contribution is -2.41. The molecule has 0 aromatic rings. The van der Waals surface area contributed by atoms with Crippen LogP contribution in [0.2, 0.25) is 0 Å². The summed E-state index contributed by atoms with van der Waals surface area (Å²) in [4.78, 5) is 0. The zero-order chi connectivity index (χ0) is 10.1. The van der Waals surface area contributed by atoms with Crippen LogP contribution in [0.25, 0.3) is 0 Å². The van der Waals surface area contributed by atoms with Crippen molar-refractivity contribution >= 4 is 0 Å². The minimum atomic E-state index is -2.70. The molecular weight excluding hydrogens is 190 g/mol. The molecule has 0 aromatic heterocycles. The van der Waals surface area contributed by atoms with Crippen LogP contribution in [0.4, 0.5) is 8.78 Å². The summed E-state index contributed by atoms with van der Waals surface area (Å²) < 4.78 is 34.0. The minimum Gasteiger partial charge on any atom is -0.495 e. The minimum absolute atomic E-state index is 0.201. The van der Waals surface area contributed by atoms with Crippen molar-refractivity contribution in [2.75, 3.05) is 0 Å². The summed E-state index contributed by atoms with van der Waals surface area (Å²) >= 11 is 0. The third-order valence-electron chi connectivity index (χ3n) is 3.12. The summed E-state index contributed by atoms with van der Waals surface area (Å²) in [6.45, 7) is -0.576. The van der Waals surface area contributed by atoms with Crippen LogP contribution in [0.5, 0.6) is 0 Å². The lowest BCUT2D eigenvalue weighted by molar-refractivity contribution is -0.201. The van der Waals surface area contributed by atoms with Crippen LogP contribution in [0.15, 0.2) is 12.3 Å². The van der Waals surface area contributed by atoms with Crippen molar-refractivity contribution in [3.63, 3.8) is 0 Å². The molecule has 1 aliphatic heterocycles. The second-order valence-electron chi connectivity index (χ2n) is 4.00.